The highest BCUT2D eigenvalue weighted by Crippen LogP contribution is 2.26. The molecule has 0 radical (unpaired) electrons. The van der Waals surface area contributed by atoms with E-state index in [2.05, 4.69) is 37.3 Å². The lowest BCUT2D eigenvalue weighted by Gasteiger charge is -2.08. The van der Waals surface area contributed by atoms with Gasteiger partial charge in [0.2, 0.25) is 0 Å². The van der Waals surface area contributed by atoms with E-state index in [4.69, 9.17) is 0 Å². The van der Waals surface area contributed by atoms with E-state index in [1.807, 2.05) is 34.9 Å². The van der Waals surface area contributed by atoms with Crippen molar-refractivity contribution in [2.24, 2.45) is 0 Å². The Morgan fingerprint density at radius 3 is 2.72 bits per heavy atom. The van der Waals surface area contributed by atoms with Crippen LogP contribution in [0.25, 0.3) is 10.9 Å². The molecule has 0 unspecified atom stereocenters. The van der Waals surface area contributed by atoms with Gasteiger partial charge in [-0.3, -0.25) is 9.59 Å². The van der Waals surface area contributed by atoms with Crippen molar-refractivity contribution >= 4 is 38.4 Å². The smallest absolute Gasteiger partial charge is 0.274 e. The van der Waals surface area contributed by atoms with Gasteiger partial charge >= 0.3 is 0 Å². The van der Waals surface area contributed by atoms with E-state index in [0.717, 1.165) is 27.0 Å². The fraction of sp³-hybridized carbons (Fsp3) is 0.0476. The molecule has 0 aliphatic heterocycles. The topological polar surface area (TPSA) is 104 Å². The largest absolute Gasteiger partial charge is 0.342 e. The Morgan fingerprint density at radius 1 is 1.21 bits per heavy atom. The number of amides is 1. The molecule has 0 bridgehead atoms. The first-order valence-electron chi connectivity index (χ1n) is 8.67. The van der Waals surface area contributed by atoms with Crippen LogP contribution in [0.15, 0.2) is 70.3 Å². The molecule has 2 aromatic carbocycles. The monoisotopic (exact) mass is 447 g/mol. The van der Waals surface area contributed by atoms with Crippen LogP contribution in [0, 0.1) is 11.3 Å². The third kappa shape index (κ3) is 3.95. The van der Waals surface area contributed by atoms with Crippen molar-refractivity contribution in [2.75, 3.05) is 5.32 Å². The van der Waals surface area contributed by atoms with Gasteiger partial charge in [-0.15, -0.1) is 0 Å². The molecule has 8 heteroatoms. The zero-order valence-corrected chi connectivity index (χ0v) is 16.6. The minimum Gasteiger partial charge on any atom is -0.342 e. The Bertz CT molecular complexity index is 1320. The maximum absolute atomic E-state index is 12.3. The van der Waals surface area contributed by atoms with Crippen molar-refractivity contribution in [2.45, 2.75) is 6.54 Å². The summed E-state index contributed by atoms with van der Waals surface area (Å²) in [5.41, 5.74) is 2.63. The SMILES string of the molecule is N#Cc1cn(Cc2ccc(Br)cc2)c2ccc(NC(=O)c3cc(=O)[nH]cn3)cc12. The number of hydrogen-bond acceptors (Lipinski definition) is 4. The number of rotatable bonds is 4. The molecule has 29 heavy (non-hydrogen) atoms. The second-order valence-electron chi connectivity index (χ2n) is 6.39. The van der Waals surface area contributed by atoms with Crippen molar-refractivity contribution in [3.05, 3.63) is 92.7 Å². The first kappa shape index (κ1) is 18.7. The minimum absolute atomic E-state index is 0.0159. The first-order valence-corrected chi connectivity index (χ1v) is 9.46. The van der Waals surface area contributed by atoms with Crippen molar-refractivity contribution in [1.82, 2.24) is 14.5 Å². The molecule has 1 amide bonds. The molecule has 0 fully saturated rings. The summed E-state index contributed by atoms with van der Waals surface area (Å²) in [5, 5.41) is 13.0. The van der Waals surface area contributed by atoms with E-state index in [-0.39, 0.29) is 5.69 Å². The molecule has 0 atom stereocenters. The maximum atomic E-state index is 12.3. The van der Waals surface area contributed by atoms with Gasteiger partial charge in [0.05, 0.1) is 11.9 Å². The number of H-pyrrole nitrogens is 1. The van der Waals surface area contributed by atoms with Crippen LogP contribution in [-0.2, 0) is 6.54 Å². The summed E-state index contributed by atoms with van der Waals surface area (Å²) < 4.78 is 3.01. The Morgan fingerprint density at radius 2 is 2.00 bits per heavy atom. The van der Waals surface area contributed by atoms with Gasteiger partial charge in [0.25, 0.3) is 11.5 Å². The molecule has 0 spiro atoms. The lowest BCUT2D eigenvalue weighted by atomic mass is 10.1. The first-order chi connectivity index (χ1) is 14.0. The molecule has 0 saturated carbocycles. The third-order valence-corrected chi connectivity index (χ3v) is 4.97. The fourth-order valence-corrected chi connectivity index (χ4v) is 3.33. The number of halogens is 1. The highest BCUT2D eigenvalue weighted by Gasteiger charge is 2.12. The molecule has 4 rings (SSSR count). The number of fused-ring (bicyclic) bond motifs is 1. The third-order valence-electron chi connectivity index (χ3n) is 4.44. The maximum Gasteiger partial charge on any atom is 0.274 e. The van der Waals surface area contributed by atoms with Crippen molar-refractivity contribution in [3.8, 4) is 6.07 Å². The quantitative estimate of drug-likeness (QED) is 0.497. The van der Waals surface area contributed by atoms with Gasteiger partial charge in [0, 0.05) is 39.9 Å². The summed E-state index contributed by atoms with van der Waals surface area (Å²) in [4.78, 5) is 29.9. The Balaban J connectivity index is 1.65. The highest BCUT2D eigenvalue weighted by molar-refractivity contribution is 9.10. The zero-order chi connectivity index (χ0) is 20.4. The molecule has 0 aliphatic carbocycles. The number of nitrogens with one attached hydrogen (secondary N) is 2. The van der Waals surface area contributed by atoms with Gasteiger partial charge < -0.3 is 14.9 Å². The number of benzene rings is 2. The summed E-state index contributed by atoms with van der Waals surface area (Å²) in [5.74, 6) is -0.497. The van der Waals surface area contributed by atoms with Gasteiger partial charge in [0.15, 0.2) is 0 Å². The van der Waals surface area contributed by atoms with Crippen molar-refractivity contribution in [3.63, 3.8) is 0 Å². The van der Waals surface area contributed by atoms with Crippen LogP contribution in [0.4, 0.5) is 5.69 Å². The van der Waals surface area contributed by atoms with Crippen molar-refractivity contribution in [1.29, 1.82) is 5.26 Å². The summed E-state index contributed by atoms with van der Waals surface area (Å²) >= 11 is 3.43. The fourth-order valence-electron chi connectivity index (χ4n) is 3.07. The van der Waals surface area contributed by atoms with Gasteiger partial charge in [-0.1, -0.05) is 28.1 Å². The Kier molecular flexibility index (Phi) is 4.97. The number of carbonyl (C=O) groups excluding carboxylic acids is 1. The number of nitriles is 1. The molecule has 142 valence electrons. The van der Waals surface area contributed by atoms with Crippen LogP contribution in [0.2, 0.25) is 0 Å². The van der Waals surface area contributed by atoms with Crippen LogP contribution in [0.5, 0.6) is 0 Å². The molecule has 2 N–H and O–H groups in total. The molecular weight excluding hydrogens is 434 g/mol. The van der Waals surface area contributed by atoms with Crippen LogP contribution in [0.1, 0.15) is 21.6 Å². The molecule has 2 aromatic heterocycles. The normalized spacial score (nSPS) is 10.6. The van der Waals surface area contributed by atoms with Gasteiger partial charge in [-0.25, -0.2) is 4.98 Å². The predicted octanol–water partition coefficient (Wildman–Crippen LogP) is 3.66. The average molecular weight is 448 g/mol. The molecule has 0 saturated heterocycles. The van der Waals surface area contributed by atoms with Crippen LogP contribution in [0.3, 0.4) is 0 Å². The van der Waals surface area contributed by atoms with Crippen molar-refractivity contribution < 1.29 is 4.79 Å². The minimum atomic E-state index is -0.497. The molecule has 7 nitrogen and oxygen atoms in total. The second-order valence-corrected chi connectivity index (χ2v) is 7.31. The number of anilines is 1. The number of aromatic amines is 1. The molecular formula is C21H14BrN5O2. The van der Waals surface area contributed by atoms with E-state index in [1.165, 1.54) is 6.33 Å². The summed E-state index contributed by atoms with van der Waals surface area (Å²) in [6.45, 7) is 0.619. The zero-order valence-electron chi connectivity index (χ0n) is 15.0. The van der Waals surface area contributed by atoms with E-state index in [0.29, 0.717) is 17.8 Å². The standard InChI is InChI=1S/C21H14BrN5O2/c22-15-3-1-13(2-4-15)10-27-11-14(9-23)17-7-16(5-6-19(17)27)26-21(29)18-8-20(28)25-12-24-18/h1-8,11-12H,10H2,(H,26,29)(H,24,25,28). The predicted molar refractivity (Wildman–Crippen MR) is 113 cm³/mol. The number of carbonyl (C=O) groups is 1. The second kappa shape index (κ2) is 7.73. The molecule has 0 aliphatic rings. The van der Waals surface area contributed by atoms with Crippen LogP contribution in [-0.4, -0.2) is 20.4 Å². The van der Waals surface area contributed by atoms with E-state index < -0.39 is 11.5 Å². The van der Waals surface area contributed by atoms with E-state index in [9.17, 15) is 14.9 Å². The number of aromatic nitrogens is 3. The lowest BCUT2D eigenvalue weighted by molar-refractivity contribution is 0.102. The summed E-state index contributed by atoms with van der Waals surface area (Å²) in [6, 6.07) is 16.7. The van der Waals surface area contributed by atoms with Crippen LogP contribution < -0.4 is 10.9 Å². The lowest BCUT2D eigenvalue weighted by Crippen LogP contribution is -2.17. The Labute approximate surface area is 173 Å². The molecule has 2 heterocycles. The Hall–Kier alpha value is -3.70. The van der Waals surface area contributed by atoms with Gasteiger partial charge in [-0.2, -0.15) is 5.26 Å². The molecule has 4 aromatic rings. The van der Waals surface area contributed by atoms with E-state index >= 15 is 0 Å². The van der Waals surface area contributed by atoms with E-state index in [1.54, 1.807) is 18.3 Å². The van der Waals surface area contributed by atoms with Gasteiger partial charge in [-0.05, 0) is 35.9 Å². The van der Waals surface area contributed by atoms with Crippen LogP contribution >= 0.6 is 15.9 Å². The van der Waals surface area contributed by atoms with Gasteiger partial charge in [0.1, 0.15) is 11.8 Å². The average Bonchev–Trinajstić information content (AvgIpc) is 3.06. The summed E-state index contributed by atoms with van der Waals surface area (Å²) in [6.07, 6.45) is 2.98. The number of hydrogen-bond donors (Lipinski definition) is 2. The number of nitrogens with zero attached hydrogens (tertiary/aromatic N) is 3. The summed E-state index contributed by atoms with van der Waals surface area (Å²) in [7, 11) is 0. The highest BCUT2D eigenvalue weighted by atomic mass is 79.9.